The van der Waals surface area contributed by atoms with E-state index in [0.717, 1.165) is 12.0 Å². The fraction of sp³-hybridized carbons (Fsp3) is 0.852. The molecular formula is C27H42O8. The first kappa shape index (κ1) is 26.7. The van der Waals surface area contributed by atoms with Crippen molar-refractivity contribution < 1.29 is 40.2 Å². The van der Waals surface area contributed by atoms with Crippen LogP contribution >= 0.6 is 0 Å². The number of ketones is 1. The molecule has 3 saturated carbocycles. The largest absolute Gasteiger partial charge is 0.479 e. The van der Waals surface area contributed by atoms with Gasteiger partial charge in [0.25, 0.3) is 0 Å². The molecule has 4 aliphatic rings. The number of aliphatic hydroxyl groups is 5. The van der Waals surface area contributed by atoms with Gasteiger partial charge in [0, 0.05) is 11.3 Å². The third-order valence-electron chi connectivity index (χ3n) is 10.8. The van der Waals surface area contributed by atoms with E-state index >= 15 is 0 Å². The van der Waals surface area contributed by atoms with Crippen LogP contribution < -0.4 is 0 Å². The standard InChI is InChI=1S/C27H42O8/c1-14(19(28)7-9-26(4,34)23(32)33)15-6-10-27(35)17-11-20(29)18-12-21(30)22(31)13-24(18,2)16(17)5-8-25(15,27)3/h11,14-16,18-19,21-22,28,30-31,34-35H,5-10,12-13H2,1-4H3,(H,32,33)/t14-,15+,16?,18-,19+,21+,22-,24+,25+,26?,27+/m0/s1. The van der Waals surface area contributed by atoms with Crippen molar-refractivity contribution in [2.24, 2.45) is 34.5 Å². The maximum atomic E-state index is 13.2. The number of fused-ring (bicyclic) bond motifs is 5. The molecule has 0 aromatic heterocycles. The van der Waals surface area contributed by atoms with Crippen LogP contribution in [0.3, 0.4) is 0 Å². The summed E-state index contributed by atoms with van der Waals surface area (Å²) in [5.74, 6) is -2.12. The van der Waals surface area contributed by atoms with E-state index in [9.17, 15) is 40.2 Å². The Balaban J connectivity index is 1.59. The molecule has 4 aliphatic carbocycles. The molecule has 8 nitrogen and oxygen atoms in total. The number of hydrogen-bond acceptors (Lipinski definition) is 7. The summed E-state index contributed by atoms with van der Waals surface area (Å²) in [5.41, 5.74) is -3.46. The lowest BCUT2D eigenvalue weighted by molar-refractivity contribution is -0.159. The van der Waals surface area contributed by atoms with Crippen LogP contribution in [0.1, 0.15) is 79.1 Å². The number of carboxylic acid groups (broad SMARTS) is 1. The molecule has 11 atom stereocenters. The minimum Gasteiger partial charge on any atom is -0.479 e. The van der Waals surface area contributed by atoms with Crippen LogP contribution in [0, 0.1) is 34.5 Å². The van der Waals surface area contributed by atoms with E-state index in [0.29, 0.717) is 25.7 Å². The summed E-state index contributed by atoms with van der Waals surface area (Å²) < 4.78 is 0. The van der Waals surface area contributed by atoms with Gasteiger partial charge in [-0.1, -0.05) is 20.8 Å². The highest BCUT2D eigenvalue weighted by Crippen LogP contribution is 2.68. The molecule has 0 aliphatic heterocycles. The Kier molecular flexibility index (Phi) is 6.59. The normalized spacial score (nSPS) is 46.5. The van der Waals surface area contributed by atoms with Gasteiger partial charge in [0.2, 0.25) is 0 Å². The Hall–Kier alpha value is -1.32. The molecule has 8 heteroatoms. The Morgan fingerprint density at radius 1 is 1.17 bits per heavy atom. The zero-order chi connectivity index (χ0) is 26.1. The van der Waals surface area contributed by atoms with Crippen molar-refractivity contribution in [1.82, 2.24) is 0 Å². The quantitative estimate of drug-likeness (QED) is 0.327. The van der Waals surface area contributed by atoms with E-state index in [1.807, 2.05) is 20.8 Å². The molecule has 35 heavy (non-hydrogen) atoms. The molecule has 0 spiro atoms. The molecule has 0 aromatic carbocycles. The number of allylic oxidation sites excluding steroid dienone is 1. The van der Waals surface area contributed by atoms with Crippen LogP contribution in [0.15, 0.2) is 11.6 Å². The van der Waals surface area contributed by atoms with E-state index < -0.39 is 46.3 Å². The summed E-state index contributed by atoms with van der Waals surface area (Å²) in [6.07, 6.45) is 2.20. The SMILES string of the molecule is C[C@H]([C@H](O)CCC(C)(O)C(=O)O)[C@H]1CC[C@@]2(O)C3=CC(=O)[C@@H]4C[C@@H](O)[C@@H](O)C[C@]4(C)C3CC[C@]12C. The van der Waals surface area contributed by atoms with Crippen molar-refractivity contribution in [3.05, 3.63) is 11.6 Å². The predicted molar refractivity (Wildman–Crippen MR) is 127 cm³/mol. The van der Waals surface area contributed by atoms with Crippen LogP contribution in [-0.4, -0.2) is 71.9 Å². The van der Waals surface area contributed by atoms with Crippen molar-refractivity contribution in [2.75, 3.05) is 0 Å². The van der Waals surface area contributed by atoms with E-state index in [4.69, 9.17) is 0 Å². The minimum atomic E-state index is -1.91. The second-order valence-electron chi connectivity index (χ2n) is 12.7. The summed E-state index contributed by atoms with van der Waals surface area (Å²) in [4.78, 5) is 24.5. The van der Waals surface area contributed by atoms with E-state index in [-0.39, 0.29) is 48.7 Å². The summed E-state index contributed by atoms with van der Waals surface area (Å²) in [6, 6.07) is 0. The first-order chi connectivity index (χ1) is 16.1. The zero-order valence-electron chi connectivity index (χ0n) is 21.3. The molecule has 0 heterocycles. The van der Waals surface area contributed by atoms with Crippen molar-refractivity contribution in [3.63, 3.8) is 0 Å². The van der Waals surface area contributed by atoms with Crippen molar-refractivity contribution >= 4 is 11.8 Å². The first-order valence-electron chi connectivity index (χ1n) is 13.1. The Morgan fingerprint density at radius 3 is 2.46 bits per heavy atom. The number of hydrogen-bond donors (Lipinski definition) is 6. The number of rotatable bonds is 6. The van der Waals surface area contributed by atoms with E-state index in [2.05, 4.69) is 0 Å². The van der Waals surface area contributed by atoms with Gasteiger partial charge in [-0.25, -0.2) is 4.79 Å². The lowest BCUT2D eigenvalue weighted by Gasteiger charge is -2.60. The third-order valence-corrected chi connectivity index (χ3v) is 10.8. The summed E-state index contributed by atoms with van der Waals surface area (Å²) in [5, 5.41) is 63.0. The highest BCUT2D eigenvalue weighted by atomic mass is 16.4. The van der Waals surface area contributed by atoms with Gasteiger partial charge in [0.05, 0.1) is 23.9 Å². The molecule has 0 aromatic rings. The van der Waals surface area contributed by atoms with Gasteiger partial charge in [-0.15, -0.1) is 0 Å². The summed E-state index contributed by atoms with van der Waals surface area (Å²) >= 11 is 0. The molecule has 0 radical (unpaired) electrons. The molecule has 0 saturated heterocycles. The van der Waals surface area contributed by atoms with Gasteiger partial charge in [-0.3, -0.25) is 4.79 Å². The average Bonchev–Trinajstić information content (AvgIpc) is 3.05. The molecule has 0 amide bonds. The monoisotopic (exact) mass is 494 g/mol. The van der Waals surface area contributed by atoms with Gasteiger partial charge < -0.3 is 30.6 Å². The summed E-state index contributed by atoms with van der Waals surface area (Å²) in [6.45, 7) is 7.20. The third kappa shape index (κ3) is 3.91. The topological polar surface area (TPSA) is 156 Å². The lowest BCUT2D eigenvalue weighted by Crippen LogP contribution is -2.61. The Labute approximate surface area is 207 Å². The first-order valence-corrected chi connectivity index (χ1v) is 13.1. The minimum absolute atomic E-state index is 0.0430. The van der Waals surface area contributed by atoms with Crippen molar-refractivity contribution in [3.8, 4) is 0 Å². The second-order valence-corrected chi connectivity index (χ2v) is 12.7. The van der Waals surface area contributed by atoms with Gasteiger partial charge in [-0.05, 0) is 93.1 Å². The number of carboxylic acids is 1. The van der Waals surface area contributed by atoms with Crippen LogP contribution in [0.5, 0.6) is 0 Å². The van der Waals surface area contributed by atoms with Crippen LogP contribution in [0.4, 0.5) is 0 Å². The summed E-state index contributed by atoms with van der Waals surface area (Å²) in [7, 11) is 0. The van der Waals surface area contributed by atoms with Crippen LogP contribution in [0.2, 0.25) is 0 Å². The van der Waals surface area contributed by atoms with Crippen molar-refractivity contribution in [2.45, 2.75) is 109 Å². The fourth-order valence-electron chi connectivity index (χ4n) is 8.32. The fourth-order valence-corrected chi connectivity index (χ4v) is 8.32. The highest BCUT2D eigenvalue weighted by molar-refractivity contribution is 5.95. The second kappa shape index (κ2) is 8.62. The number of carbonyl (C=O) groups excluding carboxylic acids is 1. The zero-order valence-corrected chi connectivity index (χ0v) is 21.3. The Bertz CT molecular complexity index is 913. The molecule has 3 fully saturated rings. The molecule has 198 valence electrons. The molecular weight excluding hydrogens is 452 g/mol. The predicted octanol–water partition coefficient (Wildman–Crippen LogP) is 1.80. The number of aliphatic hydroxyl groups excluding tert-OH is 3. The molecule has 2 unspecified atom stereocenters. The number of carbonyl (C=O) groups is 2. The van der Waals surface area contributed by atoms with E-state index in [1.165, 1.54) is 6.92 Å². The van der Waals surface area contributed by atoms with Gasteiger partial charge in [-0.2, -0.15) is 0 Å². The van der Waals surface area contributed by atoms with Crippen molar-refractivity contribution in [1.29, 1.82) is 0 Å². The lowest BCUT2D eigenvalue weighted by atomic mass is 9.46. The average molecular weight is 495 g/mol. The number of aliphatic carboxylic acids is 1. The Morgan fingerprint density at radius 2 is 1.83 bits per heavy atom. The molecule has 0 bridgehead atoms. The van der Waals surface area contributed by atoms with E-state index in [1.54, 1.807) is 6.08 Å². The maximum Gasteiger partial charge on any atom is 0.335 e. The van der Waals surface area contributed by atoms with Gasteiger partial charge in [0.15, 0.2) is 11.4 Å². The molecule has 6 N–H and O–H groups in total. The molecule has 4 rings (SSSR count). The smallest absolute Gasteiger partial charge is 0.335 e. The van der Waals surface area contributed by atoms with Gasteiger partial charge >= 0.3 is 5.97 Å². The van der Waals surface area contributed by atoms with Crippen LogP contribution in [0.25, 0.3) is 0 Å². The van der Waals surface area contributed by atoms with Gasteiger partial charge in [0.1, 0.15) is 0 Å². The highest BCUT2D eigenvalue weighted by Gasteiger charge is 2.67. The van der Waals surface area contributed by atoms with Crippen LogP contribution in [-0.2, 0) is 9.59 Å². The maximum absolute atomic E-state index is 13.2.